The monoisotopic (exact) mass is 1030 g/mol. The third-order valence-electron chi connectivity index (χ3n) is 11.8. The SMILES string of the molecule is Nc1ccc2c(c1)C(=O)C(=O)c1ccccc1-2.O=C1C(=O)c2cc(I)ccc2-c2ccccc21.O=C1C(=O)c2cc(O[N+](=O)[O-])ccc2-c2ccccc21.O=C1C(=O)c2ccccc2-c2ccccc21. The molecule has 8 aromatic carbocycles. The lowest BCUT2D eigenvalue weighted by molar-refractivity contribution is -0.711. The fraction of sp³-hybridized carbons (Fsp3) is 0. The van der Waals surface area contributed by atoms with Crippen LogP contribution >= 0.6 is 22.6 Å². The Morgan fingerprint density at radius 1 is 0.329 bits per heavy atom. The van der Waals surface area contributed by atoms with Crippen LogP contribution in [0.1, 0.15) is 82.9 Å². The second-order valence-corrected chi connectivity index (χ2v) is 17.1. The topological polar surface area (TPSA) is 215 Å². The minimum Gasteiger partial charge on any atom is -0.399 e. The summed E-state index contributed by atoms with van der Waals surface area (Å²) in [4.78, 5) is 110. The van der Waals surface area contributed by atoms with Crippen LogP contribution in [0.25, 0.3) is 44.5 Å². The summed E-state index contributed by atoms with van der Waals surface area (Å²) in [5.41, 5.74) is 15.7. The van der Waals surface area contributed by atoms with Crippen molar-refractivity contribution >= 4 is 74.5 Å². The van der Waals surface area contributed by atoms with Gasteiger partial charge in [0, 0.05) is 53.8 Å². The van der Waals surface area contributed by atoms with E-state index in [1.165, 1.54) is 18.2 Å². The van der Waals surface area contributed by atoms with Crippen molar-refractivity contribution in [1.82, 2.24) is 0 Å². The lowest BCUT2D eigenvalue weighted by atomic mass is 9.84. The summed E-state index contributed by atoms with van der Waals surface area (Å²) in [5.74, 6) is -3.96. The second-order valence-electron chi connectivity index (χ2n) is 15.9. The fourth-order valence-corrected chi connectivity index (χ4v) is 9.06. The smallest absolute Gasteiger partial charge is 0.299 e. The van der Waals surface area contributed by atoms with Crippen molar-refractivity contribution < 1.29 is 48.3 Å². The number of carbonyl (C=O) groups excluding carboxylic acids is 8. The Hall–Kier alpha value is -9.15. The van der Waals surface area contributed by atoms with E-state index in [1.807, 2.05) is 60.7 Å². The molecule has 0 heterocycles. The number of nitrogen functional groups attached to an aromatic ring is 1. The van der Waals surface area contributed by atoms with E-state index in [0.717, 1.165) is 37.0 Å². The third-order valence-corrected chi connectivity index (χ3v) is 12.4. The number of benzene rings is 8. The number of Topliss-reactive ketones (excluding diaryl/α,β-unsaturated/α-hetero) is 8. The van der Waals surface area contributed by atoms with Crippen molar-refractivity contribution in [2.45, 2.75) is 0 Å². The lowest BCUT2D eigenvalue weighted by Crippen LogP contribution is -2.21. The van der Waals surface area contributed by atoms with Crippen LogP contribution in [0, 0.1) is 13.7 Å². The van der Waals surface area contributed by atoms with Crippen LogP contribution in [-0.4, -0.2) is 51.4 Å². The molecule has 0 aliphatic heterocycles. The van der Waals surface area contributed by atoms with Gasteiger partial charge >= 0.3 is 0 Å². The zero-order valence-corrected chi connectivity index (χ0v) is 38.3. The zero-order chi connectivity index (χ0) is 49.4. The Morgan fingerprint density at radius 2 is 0.586 bits per heavy atom. The van der Waals surface area contributed by atoms with Gasteiger partial charge in [-0.2, -0.15) is 0 Å². The average molecular weight is 1030 g/mol. The van der Waals surface area contributed by atoms with Crippen molar-refractivity contribution in [3.05, 3.63) is 234 Å². The predicted octanol–water partition coefficient (Wildman–Crippen LogP) is 10.7. The van der Waals surface area contributed by atoms with E-state index in [4.69, 9.17) is 5.73 Å². The van der Waals surface area contributed by atoms with Crippen LogP contribution in [-0.2, 0) is 0 Å². The molecule has 8 aromatic rings. The largest absolute Gasteiger partial charge is 0.399 e. The summed E-state index contributed by atoms with van der Waals surface area (Å²) in [6.07, 6.45) is 0. The van der Waals surface area contributed by atoms with E-state index in [1.54, 1.807) is 97.1 Å². The van der Waals surface area contributed by atoms with Gasteiger partial charge in [0.25, 0.3) is 5.09 Å². The highest BCUT2D eigenvalue weighted by molar-refractivity contribution is 14.1. The Bertz CT molecular complexity index is 3480. The number of nitrogens with zero attached hydrogens (tertiary/aromatic N) is 1. The van der Waals surface area contributed by atoms with Gasteiger partial charge in [0.2, 0.25) is 46.3 Å². The van der Waals surface area contributed by atoms with Crippen molar-refractivity contribution in [3.63, 3.8) is 0 Å². The normalized spacial score (nSPS) is 13.0. The molecule has 0 aromatic heterocycles. The fourth-order valence-electron chi connectivity index (χ4n) is 8.57. The van der Waals surface area contributed by atoms with Crippen LogP contribution < -0.4 is 10.6 Å². The third kappa shape index (κ3) is 8.43. The molecule has 0 amide bonds. The maximum atomic E-state index is 12.0. The molecule has 70 heavy (non-hydrogen) atoms. The molecule has 14 heteroatoms. The molecule has 2 N–H and O–H groups in total. The first kappa shape index (κ1) is 46.0. The molecule has 0 atom stereocenters. The van der Waals surface area contributed by atoms with Crippen molar-refractivity contribution in [1.29, 1.82) is 0 Å². The first-order valence-electron chi connectivity index (χ1n) is 21.2. The number of rotatable bonds is 2. The predicted molar refractivity (Wildman–Crippen MR) is 267 cm³/mol. The molecule has 0 spiro atoms. The van der Waals surface area contributed by atoms with Gasteiger partial charge in [0.1, 0.15) is 5.75 Å². The summed E-state index contributed by atoms with van der Waals surface area (Å²) < 4.78 is 0.960. The van der Waals surface area contributed by atoms with E-state index in [-0.39, 0.29) is 11.3 Å². The number of carbonyl (C=O) groups is 8. The van der Waals surface area contributed by atoms with Gasteiger partial charge in [-0.05, 0) is 103 Å². The first-order chi connectivity index (χ1) is 33.7. The molecule has 0 radical (unpaired) electrons. The van der Waals surface area contributed by atoms with Crippen LogP contribution in [0.4, 0.5) is 5.69 Å². The molecule has 4 aliphatic rings. The standard InChI is InChI=1S/C14H7IO2.C14H7NO5.C14H9NO2.C14H8O2/c15-8-5-6-10-9-3-1-2-4-11(9)13(16)14(17)12(10)7-8;16-13-11-4-2-1-3-9(11)10-6-5-8(20-15(18)19)7-12(10)14(13)17;15-8-5-6-10-9-3-1-2-4-11(9)13(16)14(17)12(10)7-8;15-13-11-7-3-1-5-9(11)10-6-2-4-8-12(10)14(13)16/h1-7H;1-7H;1-7H,15H2;1-8H. The van der Waals surface area contributed by atoms with Gasteiger partial charge in [0.15, 0.2) is 0 Å². The highest BCUT2D eigenvalue weighted by Crippen LogP contribution is 2.38. The van der Waals surface area contributed by atoms with Gasteiger partial charge in [0.05, 0.1) is 0 Å². The number of ketones is 8. The van der Waals surface area contributed by atoms with E-state index in [2.05, 4.69) is 27.4 Å². The molecule has 12 rings (SSSR count). The first-order valence-corrected chi connectivity index (χ1v) is 22.3. The number of fused-ring (bicyclic) bond motifs is 12. The van der Waals surface area contributed by atoms with Crippen molar-refractivity contribution in [3.8, 4) is 50.3 Å². The molecule has 4 aliphatic carbocycles. The second kappa shape index (κ2) is 18.9. The molecule has 0 saturated heterocycles. The van der Waals surface area contributed by atoms with Crippen LogP contribution in [0.2, 0.25) is 0 Å². The highest BCUT2D eigenvalue weighted by atomic mass is 127. The molecule has 0 unspecified atom stereocenters. The summed E-state index contributed by atoms with van der Waals surface area (Å²) in [7, 11) is 0. The lowest BCUT2D eigenvalue weighted by Gasteiger charge is -2.17. The van der Waals surface area contributed by atoms with E-state index in [0.29, 0.717) is 55.8 Å². The molecule has 338 valence electrons. The van der Waals surface area contributed by atoms with E-state index < -0.39 is 51.4 Å². The number of hydrogen-bond acceptors (Lipinski definition) is 12. The minimum atomic E-state index is -0.967. The van der Waals surface area contributed by atoms with Crippen molar-refractivity contribution in [2.75, 3.05) is 5.73 Å². The van der Waals surface area contributed by atoms with E-state index >= 15 is 0 Å². The van der Waals surface area contributed by atoms with Gasteiger partial charge in [-0.25, -0.2) is 0 Å². The average Bonchev–Trinajstić information content (AvgIpc) is 3.38. The quantitative estimate of drug-likeness (QED) is 0.0563. The summed E-state index contributed by atoms with van der Waals surface area (Å²) >= 11 is 2.14. The maximum absolute atomic E-state index is 12.0. The Kier molecular flexibility index (Phi) is 12.4. The molecule has 0 fully saturated rings. The molecule has 0 bridgehead atoms. The highest BCUT2D eigenvalue weighted by Gasteiger charge is 2.33. The molecule has 0 saturated carbocycles. The number of anilines is 1. The summed E-state index contributed by atoms with van der Waals surface area (Å²) in [6.45, 7) is 0. The van der Waals surface area contributed by atoms with Gasteiger partial charge < -0.3 is 5.73 Å². The van der Waals surface area contributed by atoms with Crippen LogP contribution in [0.3, 0.4) is 0 Å². The molecular weight excluding hydrogens is 1000 g/mol. The summed E-state index contributed by atoms with van der Waals surface area (Å²) in [5, 5.41) is 9.35. The number of halogens is 1. The Labute approximate surface area is 410 Å². The number of hydrogen-bond donors (Lipinski definition) is 1. The Morgan fingerprint density at radius 3 is 0.929 bits per heavy atom. The van der Waals surface area contributed by atoms with E-state index in [9.17, 15) is 48.5 Å². The van der Waals surface area contributed by atoms with Crippen LogP contribution in [0.15, 0.2) is 176 Å². The Balaban J connectivity index is 0.000000116. The molecule has 13 nitrogen and oxygen atoms in total. The zero-order valence-electron chi connectivity index (χ0n) is 36.1. The maximum Gasteiger partial charge on any atom is 0.299 e. The van der Waals surface area contributed by atoms with Gasteiger partial charge in [-0.1, -0.05) is 140 Å². The minimum absolute atomic E-state index is 0.0886. The van der Waals surface area contributed by atoms with Gasteiger partial charge in [-0.3, -0.25) is 43.2 Å². The summed E-state index contributed by atoms with van der Waals surface area (Å²) in [6, 6.07) is 50.4. The molecular formula is C56H31IN2O11. The van der Waals surface area contributed by atoms with Crippen molar-refractivity contribution in [2.24, 2.45) is 0 Å². The van der Waals surface area contributed by atoms with Gasteiger partial charge in [-0.15, -0.1) is 10.1 Å². The van der Waals surface area contributed by atoms with Crippen LogP contribution in [0.5, 0.6) is 5.75 Å². The number of nitrogens with two attached hydrogens (primary N) is 1.